The lowest BCUT2D eigenvalue weighted by Gasteiger charge is -2.18. The number of nitrogens with zero attached hydrogens (tertiary/aromatic N) is 1. The Morgan fingerprint density at radius 2 is 1.37 bits per heavy atom. The van der Waals surface area contributed by atoms with Gasteiger partial charge in [0.1, 0.15) is 17.2 Å². The van der Waals surface area contributed by atoms with Crippen molar-refractivity contribution in [1.82, 2.24) is 0 Å². The van der Waals surface area contributed by atoms with Crippen LogP contribution in [0.3, 0.4) is 0 Å². The fourth-order valence-electron chi connectivity index (χ4n) is 3.14. The first-order chi connectivity index (χ1) is 14.3. The Kier molecular flexibility index (Phi) is 6.78. The van der Waals surface area contributed by atoms with E-state index in [1.165, 1.54) is 11.1 Å². The van der Waals surface area contributed by atoms with Crippen LogP contribution in [0.2, 0.25) is 0 Å². The molecule has 0 aromatic heterocycles. The van der Waals surface area contributed by atoms with Gasteiger partial charge in [-0.05, 0) is 105 Å². The summed E-state index contributed by atoms with van der Waals surface area (Å²) in [7, 11) is 1.64. The molecule has 0 saturated carbocycles. The normalized spacial score (nSPS) is 12.4. The van der Waals surface area contributed by atoms with Gasteiger partial charge in [-0.1, -0.05) is 12.1 Å². The van der Waals surface area contributed by atoms with Gasteiger partial charge < -0.3 is 14.2 Å². The summed E-state index contributed by atoms with van der Waals surface area (Å²) < 4.78 is 17.6. The zero-order chi connectivity index (χ0) is 21.7. The van der Waals surface area contributed by atoms with Crippen LogP contribution in [0.25, 0.3) is 0 Å². The average molecular weight is 404 g/mol. The van der Waals surface area contributed by atoms with E-state index < -0.39 is 0 Å². The van der Waals surface area contributed by atoms with Gasteiger partial charge in [-0.15, -0.1) is 0 Å². The van der Waals surface area contributed by atoms with Crippen LogP contribution >= 0.6 is 0 Å². The van der Waals surface area contributed by atoms with Crippen LogP contribution in [-0.2, 0) is 0 Å². The average Bonchev–Trinajstić information content (AvgIpc) is 2.70. The molecule has 0 spiro atoms. The van der Waals surface area contributed by atoms with E-state index in [1.54, 1.807) is 7.11 Å². The summed E-state index contributed by atoms with van der Waals surface area (Å²) in [4.78, 5) is 4.79. The Labute approximate surface area is 179 Å². The van der Waals surface area contributed by atoms with E-state index in [4.69, 9.17) is 19.2 Å². The van der Waals surface area contributed by atoms with Gasteiger partial charge in [0.2, 0.25) is 5.90 Å². The van der Waals surface area contributed by atoms with Crippen molar-refractivity contribution in [1.29, 1.82) is 0 Å². The Bertz CT molecular complexity index is 1020. The van der Waals surface area contributed by atoms with E-state index in [2.05, 4.69) is 45.9 Å². The lowest BCUT2D eigenvalue weighted by molar-refractivity contribution is 0.262. The third-order valence-corrected chi connectivity index (χ3v) is 4.87. The van der Waals surface area contributed by atoms with Gasteiger partial charge in [0.25, 0.3) is 0 Å². The van der Waals surface area contributed by atoms with Crippen molar-refractivity contribution in [2.24, 2.45) is 4.99 Å². The first-order valence-electron chi connectivity index (χ1n) is 10.1. The molecule has 1 atom stereocenters. The fourth-order valence-corrected chi connectivity index (χ4v) is 3.14. The van der Waals surface area contributed by atoms with Gasteiger partial charge in [-0.25, -0.2) is 4.99 Å². The van der Waals surface area contributed by atoms with Crippen molar-refractivity contribution >= 4 is 11.6 Å². The first kappa shape index (κ1) is 21.4. The smallest absolute Gasteiger partial charge is 0.236 e. The van der Waals surface area contributed by atoms with Crippen LogP contribution in [0.4, 0.5) is 5.69 Å². The molecular weight excluding hydrogens is 374 g/mol. The summed E-state index contributed by atoms with van der Waals surface area (Å²) >= 11 is 0. The maximum Gasteiger partial charge on any atom is 0.236 e. The van der Waals surface area contributed by atoms with Crippen LogP contribution in [0.1, 0.15) is 29.2 Å². The second-order valence-electron chi connectivity index (χ2n) is 7.58. The highest BCUT2D eigenvalue weighted by Gasteiger charge is 2.17. The highest BCUT2D eigenvalue weighted by atomic mass is 16.5. The molecule has 0 N–H and O–H groups in total. The quantitative estimate of drug-likeness (QED) is 0.348. The number of aliphatic imine (C=N–C) groups is 1. The molecule has 0 radical (unpaired) electrons. The third kappa shape index (κ3) is 5.63. The van der Waals surface area contributed by atoms with Gasteiger partial charge in [0.15, 0.2) is 6.10 Å². The fraction of sp³-hybridized carbons (Fsp3) is 0.269. The molecule has 3 aromatic carbocycles. The van der Waals surface area contributed by atoms with E-state index in [9.17, 15) is 0 Å². The van der Waals surface area contributed by atoms with Crippen molar-refractivity contribution in [3.05, 3.63) is 82.9 Å². The van der Waals surface area contributed by atoms with E-state index in [-0.39, 0.29) is 6.10 Å². The maximum atomic E-state index is 6.23. The standard InChI is InChI=1S/C26H29NO3/c1-17-13-18(2)15-25(14-17)30-26(27-22-8-7-19(3)20(4)16-22)21(5)29-24-11-9-23(28-6)10-12-24/h7-16,21H,1-6H3. The SMILES string of the molecule is COc1ccc(OC(C)C(=Nc2ccc(C)c(C)c2)Oc2cc(C)cc(C)c2)cc1. The van der Waals surface area contributed by atoms with Crippen LogP contribution in [0, 0.1) is 27.7 Å². The first-order valence-corrected chi connectivity index (χ1v) is 10.1. The van der Waals surface area contributed by atoms with Crippen LogP contribution in [-0.4, -0.2) is 19.1 Å². The molecule has 0 bridgehead atoms. The van der Waals surface area contributed by atoms with Crippen molar-refractivity contribution in [2.45, 2.75) is 40.7 Å². The minimum atomic E-state index is -0.388. The maximum absolute atomic E-state index is 6.23. The summed E-state index contributed by atoms with van der Waals surface area (Å²) in [5.74, 6) is 2.75. The Morgan fingerprint density at radius 3 is 1.97 bits per heavy atom. The monoisotopic (exact) mass is 403 g/mol. The molecule has 1 unspecified atom stereocenters. The molecular formula is C26H29NO3. The zero-order valence-electron chi connectivity index (χ0n) is 18.5. The molecule has 3 rings (SSSR count). The summed E-state index contributed by atoms with van der Waals surface area (Å²) in [6.07, 6.45) is -0.388. The van der Waals surface area contributed by atoms with Gasteiger partial charge in [0, 0.05) is 0 Å². The van der Waals surface area contributed by atoms with Gasteiger partial charge in [-0.3, -0.25) is 0 Å². The number of benzene rings is 3. The third-order valence-electron chi connectivity index (χ3n) is 4.87. The molecule has 3 aromatic rings. The van der Waals surface area contributed by atoms with Crippen molar-refractivity contribution in [2.75, 3.05) is 7.11 Å². The number of ether oxygens (including phenoxy) is 3. The van der Waals surface area contributed by atoms with Crippen LogP contribution < -0.4 is 14.2 Å². The van der Waals surface area contributed by atoms with Gasteiger partial charge in [0.05, 0.1) is 12.8 Å². The molecule has 0 saturated heterocycles. The second kappa shape index (κ2) is 9.49. The van der Waals surface area contributed by atoms with E-state index in [0.29, 0.717) is 5.90 Å². The number of aryl methyl sites for hydroxylation is 4. The van der Waals surface area contributed by atoms with Gasteiger partial charge in [-0.2, -0.15) is 0 Å². The molecule has 0 heterocycles. The number of hydrogen-bond donors (Lipinski definition) is 0. The molecule has 30 heavy (non-hydrogen) atoms. The molecule has 4 heteroatoms. The van der Waals surface area contributed by atoms with Crippen LogP contribution in [0.5, 0.6) is 17.2 Å². The van der Waals surface area contributed by atoms with E-state index >= 15 is 0 Å². The highest BCUT2D eigenvalue weighted by molar-refractivity contribution is 5.85. The molecule has 0 fully saturated rings. The molecule has 4 nitrogen and oxygen atoms in total. The minimum Gasteiger partial charge on any atom is -0.497 e. The summed E-state index contributed by atoms with van der Waals surface area (Å²) in [6.45, 7) is 10.2. The van der Waals surface area contributed by atoms with Crippen molar-refractivity contribution < 1.29 is 14.2 Å². The number of methoxy groups -OCH3 is 1. The molecule has 0 aliphatic rings. The topological polar surface area (TPSA) is 40.0 Å². The molecule has 0 aliphatic carbocycles. The largest absolute Gasteiger partial charge is 0.497 e. The van der Waals surface area contributed by atoms with Crippen LogP contribution in [0.15, 0.2) is 65.7 Å². The summed E-state index contributed by atoms with van der Waals surface area (Å²) in [5, 5.41) is 0. The predicted octanol–water partition coefficient (Wildman–Crippen LogP) is 6.51. The Balaban J connectivity index is 1.92. The lowest BCUT2D eigenvalue weighted by Crippen LogP contribution is -2.28. The van der Waals surface area contributed by atoms with E-state index in [0.717, 1.165) is 34.1 Å². The summed E-state index contributed by atoms with van der Waals surface area (Å²) in [5.41, 5.74) is 5.53. The molecule has 156 valence electrons. The Morgan fingerprint density at radius 1 is 0.733 bits per heavy atom. The minimum absolute atomic E-state index is 0.388. The summed E-state index contributed by atoms with van der Waals surface area (Å²) in [6, 6.07) is 19.7. The van der Waals surface area contributed by atoms with Crippen molar-refractivity contribution in [3.63, 3.8) is 0 Å². The van der Waals surface area contributed by atoms with Gasteiger partial charge >= 0.3 is 0 Å². The second-order valence-corrected chi connectivity index (χ2v) is 7.58. The zero-order valence-corrected chi connectivity index (χ0v) is 18.5. The molecule has 0 aliphatic heterocycles. The van der Waals surface area contributed by atoms with E-state index in [1.807, 2.05) is 49.4 Å². The molecule has 0 amide bonds. The lowest BCUT2D eigenvalue weighted by atomic mass is 10.1. The number of rotatable bonds is 6. The number of hydrogen-bond acceptors (Lipinski definition) is 4. The van der Waals surface area contributed by atoms with Crippen molar-refractivity contribution in [3.8, 4) is 17.2 Å². The predicted molar refractivity (Wildman–Crippen MR) is 123 cm³/mol. The Hall–Kier alpha value is -3.27. The highest BCUT2D eigenvalue weighted by Crippen LogP contribution is 2.23.